The second-order valence-electron chi connectivity index (χ2n) is 4.19. The van der Waals surface area contributed by atoms with E-state index in [9.17, 15) is 0 Å². The van der Waals surface area contributed by atoms with E-state index >= 15 is 0 Å². The highest BCUT2D eigenvalue weighted by atomic mass is 79.9. The van der Waals surface area contributed by atoms with Gasteiger partial charge in [-0.25, -0.2) is 5.43 Å². The normalized spacial score (nSPS) is 13.4. The Labute approximate surface area is 99.5 Å². The lowest BCUT2D eigenvalue weighted by Gasteiger charge is -2.13. The van der Waals surface area contributed by atoms with Crippen molar-refractivity contribution in [1.82, 2.24) is 5.43 Å². The maximum absolute atomic E-state index is 5.51. The van der Waals surface area contributed by atoms with Gasteiger partial charge in [-0.1, -0.05) is 26.7 Å². The van der Waals surface area contributed by atoms with Crippen LogP contribution in [-0.4, -0.2) is 0 Å². The van der Waals surface area contributed by atoms with Crippen LogP contribution in [0.4, 0.5) is 0 Å². The number of furan rings is 1. The van der Waals surface area contributed by atoms with Crippen LogP contribution in [0.3, 0.4) is 0 Å². The van der Waals surface area contributed by atoms with Crippen LogP contribution in [0, 0.1) is 5.92 Å². The molecule has 0 radical (unpaired) electrons. The number of rotatable bonds is 6. The molecule has 0 bridgehead atoms. The number of nitrogens with two attached hydrogens (primary N) is 1. The van der Waals surface area contributed by atoms with E-state index in [-0.39, 0.29) is 6.04 Å². The molecular formula is C11H19BrN2O. The van der Waals surface area contributed by atoms with Crippen molar-refractivity contribution < 1.29 is 4.42 Å². The van der Waals surface area contributed by atoms with Gasteiger partial charge in [0.1, 0.15) is 5.76 Å². The summed E-state index contributed by atoms with van der Waals surface area (Å²) >= 11 is 3.29. The molecule has 3 N–H and O–H groups in total. The highest BCUT2D eigenvalue weighted by Gasteiger charge is 2.13. The largest absolute Gasteiger partial charge is 0.453 e. The Morgan fingerprint density at radius 2 is 2.13 bits per heavy atom. The van der Waals surface area contributed by atoms with Gasteiger partial charge < -0.3 is 4.42 Å². The summed E-state index contributed by atoms with van der Waals surface area (Å²) in [6.45, 7) is 4.46. The van der Waals surface area contributed by atoms with Gasteiger partial charge in [0.2, 0.25) is 0 Å². The molecule has 15 heavy (non-hydrogen) atoms. The Kier molecular flexibility index (Phi) is 5.36. The molecular weight excluding hydrogens is 256 g/mol. The molecule has 1 aromatic heterocycles. The molecule has 0 spiro atoms. The number of hydrogen-bond acceptors (Lipinski definition) is 3. The fourth-order valence-corrected chi connectivity index (χ4v) is 1.87. The third kappa shape index (κ3) is 4.36. The van der Waals surface area contributed by atoms with E-state index < -0.39 is 0 Å². The zero-order valence-corrected chi connectivity index (χ0v) is 10.9. The van der Waals surface area contributed by atoms with E-state index in [2.05, 4.69) is 35.2 Å². The Morgan fingerprint density at radius 3 is 2.60 bits per heavy atom. The minimum atomic E-state index is 0.120. The molecule has 0 aromatic carbocycles. The van der Waals surface area contributed by atoms with Crippen LogP contribution in [0.2, 0.25) is 0 Å². The lowest BCUT2D eigenvalue weighted by molar-refractivity contribution is 0.374. The zero-order valence-electron chi connectivity index (χ0n) is 9.29. The molecule has 0 aliphatic heterocycles. The van der Waals surface area contributed by atoms with Crippen molar-refractivity contribution in [3.05, 3.63) is 22.6 Å². The lowest BCUT2D eigenvalue weighted by Crippen LogP contribution is -2.27. The number of nitrogens with one attached hydrogen (secondary N) is 1. The molecule has 0 amide bonds. The van der Waals surface area contributed by atoms with Gasteiger partial charge in [0.15, 0.2) is 4.67 Å². The van der Waals surface area contributed by atoms with Crippen LogP contribution < -0.4 is 11.3 Å². The molecule has 1 atom stereocenters. The topological polar surface area (TPSA) is 51.2 Å². The molecule has 4 heteroatoms. The lowest BCUT2D eigenvalue weighted by atomic mass is 10.0. The molecule has 86 valence electrons. The third-order valence-electron chi connectivity index (χ3n) is 2.41. The van der Waals surface area contributed by atoms with Crippen LogP contribution >= 0.6 is 15.9 Å². The van der Waals surface area contributed by atoms with E-state index in [1.165, 1.54) is 6.42 Å². The van der Waals surface area contributed by atoms with Crippen molar-refractivity contribution in [3.8, 4) is 0 Å². The maximum atomic E-state index is 5.51. The second kappa shape index (κ2) is 6.30. The predicted molar refractivity (Wildman–Crippen MR) is 65.2 cm³/mol. The fraction of sp³-hybridized carbons (Fsp3) is 0.636. The molecule has 0 aliphatic rings. The van der Waals surface area contributed by atoms with Gasteiger partial charge in [-0.2, -0.15) is 0 Å². The summed E-state index contributed by atoms with van der Waals surface area (Å²) in [4.78, 5) is 0. The summed E-state index contributed by atoms with van der Waals surface area (Å²) in [5.74, 6) is 7.14. The monoisotopic (exact) mass is 274 g/mol. The summed E-state index contributed by atoms with van der Waals surface area (Å²) in [5, 5.41) is 0. The average Bonchev–Trinajstić information content (AvgIpc) is 2.59. The van der Waals surface area contributed by atoms with Crippen LogP contribution in [0.25, 0.3) is 0 Å². The zero-order chi connectivity index (χ0) is 11.3. The Balaban J connectivity index is 2.42. The molecule has 1 rings (SSSR count). The fourth-order valence-electron chi connectivity index (χ4n) is 1.55. The standard InChI is InChI=1S/C11H19BrN2O/c1-8(2)4-3-5-9(14-13)10-6-7-11(12)15-10/h6-9,14H,3-5,13H2,1-2H3. The van der Waals surface area contributed by atoms with Crippen LogP contribution in [0.1, 0.15) is 44.9 Å². The SMILES string of the molecule is CC(C)CCCC(NN)c1ccc(Br)o1. The quantitative estimate of drug-likeness (QED) is 0.618. The predicted octanol–water partition coefficient (Wildman–Crippen LogP) is 3.37. The minimum absolute atomic E-state index is 0.120. The van der Waals surface area contributed by atoms with Crippen LogP contribution in [0.5, 0.6) is 0 Å². The van der Waals surface area contributed by atoms with Gasteiger partial charge in [-0.05, 0) is 40.4 Å². The van der Waals surface area contributed by atoms with Gasteiger partial charge in [0, 0.05) is 0 Å². The summed E-state index contributed by atoms with van der Waals surface area (Å²) in [6.07, 6.45) is 3.39. The summed E-state index contributed by atoms with van der Waals surface area (Å²) < 4.78 is 6.22. The Morgan fingerprint density at radius 1 is 1.40 bits per heavy atom. The Hall–Kier alpha value is -0.320. The van der Waals surface area contributed by atoms with Gasteiger partial charge >= 0.3 is 0 Å². The highest BCUT2D eigenvalue weighted by molar-refractivity contribution is 9.10. The van der Waals surface area contributed by atoms with Gasteiger partial charge in [0.25, 0.3) is 0 Å². The number of hydrogen-bond donors (Lipinski definition) is 2. The highest BCUT2D eigenvalue weighted by Crippen LogP contribution is 2.24. The third-order valence-corrected chi connectivity index (χ3v) is 2.84. The molecule has 0 saturated heterocycles. The van der Waals surface area contributed by atoms with E-state index in [1.807, 2.05) is 12.1 Å². The molecule has 0 fully saturated rings. The summed E-state index contributed by atoms with van der Waals surface area (Å²) in [6, 6.07) is 3.96. The summed E-state index contributed by atoms with van der Waals surface area (Å²) in [7, 11) is 0. The molecule has 0 saturated carbocycles. The van der Waals surface area contributed by atoms with E-state index in [1.54, 1.807) is 0 Å². The first-order valence-electron chi connectivity index (χ1n) is 5.35. The van der Waals surface area contributed by atoms with Gasteiger partial charge in [-0.3, -0.25) is 5.84 Å². The van der Waals surface area contributed by atoms with Crippen molar-refractivity contribution >= 4 is 15.9 Å². The Bertz CT molecular complexity index is 286. The van der Waals surface area contributed by atoms with Crippen molar-refractivity contribution in [2.75, 3.05) is 0 Å². The average molecular weight is 275 g/mol. The minimum Gasteiger partial charge on any atom is -0.453 e. The van der Waals surface area contributed by atoms with Crippen LogP contribution in [0.15, 0.2) is 21.2 Å². The first-order valence-corrected chi connectivity index (χ1v) is 6.14. The van der Waals surface area contributed by atoms with Crippen molar-refractivity contribution in [2.45, 2.75) is 39.2 Å². The number of hydrazine groups is 1. The molecule has 0 aliphatic carbocycles. The first kappa shape index (κ1) is 12.7. The van der Waals surface area contributed by atoms with Crippen LogP contribution in [-0.2, 0) is 0 Å². The van der Waals surface area contributed by atoms with Crippen molar-refractivity contribution in [2.24, 2.45) is 11.8 Å². The van der Waals surface area contributed by atoms with E-state index in [0.717, 1.165) is 29.2 Å². The van der Waals surface area contributed by atoms with Gasteiger partial charge in [0.05, 0.1) is 6.04 Å². The van der Waals surface area contributed by atoms with Crippen molar-refractivity contribution in [3.63, 3.8) is 0 Å². The molecule has 1 heterocycles. The molecule has 1 aromatic rings. The van der Waals surface area contributed by atoms with E-state index in [0.29, 0.717) is 0 Å². The second-order valence-corrected chi connectivity index (χ2v) is 4.97. The number of halogens is 1. The first-order chi connectivity index (χ1) is 7.13. The van der Waals surface area contributed by atoms with Gasteiger partial charge in [-0.15, -0.1) is 0 Å². The van der Waals surface area contributed by atoms with Crippen molar-refractivity contribution in [1.29, 1.82) is 0 Å². The smallest absolute Gasteiger partial charge is 0.169 e. The summed E-state index contributed by atoms with van der Waals surface area (Å²) in [5.41, 5.74) is 2.79. The maximum Gasteiger partial charge on any atom is 0.169 e. The molecule has 1 unspecified atom stereocenters. The molecule has 3 nitrogen and oxygen atoms in total. The van der Waals surface area contributed by atoms with E-state index in [4.69, 9.17) is 10.3 Å².